The Balaban J connectivity index is 2.25. The molecule has 0 aromatic carbocycles. The fraction of sp³-hybridized carbons (Fsp3) is 0.467. The van der Waals surface area contributed by atoms with Gasteiger partial charge in [0.15, 0.2) is 0 Å². The summed E-state index contributed by atoms with van der Waals surface area (Å²) in [5, 5.41) is 9.55. The molecule has 5 heteroatoms. The molecule has 0 saturated carbocycles. The first kappa shape index (κ1) is 14.4. The lowest BCUT2D eigenvalue weighted by Crippen LogP contribution is -2.50. The average molecular weight is 277 g/mol. The molecule has 5 nitrogen and oxygen atoms in total. The molecule has 0 bridgehead atoms. The van der Waals surface area contributed by atoms with Crippen molar-refractivity contribution in [2.45, 2.75) is 26.4 Å². The molecule has 0 spiro atoms. The van der Waals surface area contributed by atoms with Crippen molar-refractivity contribution in [2.24, 2.45) is 5.41 Å². The van der Waals surface area contributed by atoms with Crippen molar-refractivity contribution < 1.29 is 19.4 Å². The molecule has 0 saturated heterocycles. The molecule has 2 aliphatic rings. The first-order valence-electron chi connectivity index (χ1n) is 6.52. The number of nitrogens with zero attached hydrogens (tertiary/aromatic N) is 1. The second-order valence-electron chi connectivity index (χ2n) is 6.02. The summed E-state index contributed by atoms with van der Waals surface area (Å²) in [7, 11) is 0. The highest BCUT2D eigenvalue weighted by atomic mass is 16.6. The zero-order chi connectivity index (χ0) is 15.0. The summed E-state index contributed by atoms with van der Waals surface area (Å²) in [5.41, 5.74) is -1.05. The van der Waals surface area contributed by atoms with Crippen molar-refractivity contribution in [1.29, 1.82) is 0 Å². The number of rotatable bonds is 1. The van der Waals surface area contributed by atoms with Crippen LogP contribution < -0.4 is 0 Å². The smallest absolute Gasteiger partial charge is 0.410 e. The average Bonchev–Trinajstić information content (AvgIpc) is 2.35. The van der Waals surface area contributed by atoms with Crippen molar-refractivity contribution in [3.63, 3.8) is 0 Å². The van der Waals surface area contributed by atoms with Gasteiger partial charge in [-0.3, -0.25) is 4.79 Å². The topological polar surface area (TPSA) is 66.8 Å². The molecule has 0 radical (unpaired) electrons. The molecule has 0 aromatic heterocycles. The number of hydrogen-bond donors (Lipinski definition) is 1. The summed E-state index contributed by atoms with van der Waals surface area (Å²) < 4.78 is 5.30. The van der Waals surface area contributed by atoms with Crippen LogP contribution in [-0.2, 0) is 9.53 Å². The van der Waals surface area contributed by atoms with Gasteiger partial charge in [-0.1, -0.05) is 30.4 Å². The van der Waals surface area contributed by atoms with Gasteiger partial charge >= 0.3 is 12.1 Å². The summed E-state index contributed by atoms with van der Waals surface area (Å²) in [6.45, 7) is 5.80. The van der Waals surface area contributed by atoms with Gasteiger partial charge in [-0.05, 0) is 26.3 Å². The van der Waals surface area contributed by atoms with E-state index < -0.39 is 23.1 Å². The number of allylic oxidation sites excluding steroid dienone is 3. The minimum atomic E-state index is -1.16. The molecule has 1 N–H and O–H groups in total. The van der Waals surface area contributed by atoms with Crippen LogP contribution in [0.3, 0.4) is 0 Å². The second-order valence-corrected chi connectivity index (χ2v) is 6.02. The predicted molar refractivity (Wildman–Crippen MR) is 74.2 cm³/mol. The van der Waals surface area contributed by atoms with E-state index in [1.165, 1.54) is 4.90 Å². The SMILES string of the molecule is CC(C)(C)OC(=O)N1CC=C2C=CC=CC2(C(=O)O)C1. The highest BCUT2D eigenvalue weighted by Gasteiger charge is 2.45. The molecule has 1 aliphatic carbocycles. The van der Waals surface area contributed by atoms with Gasteiger partial charge in [0.25, 0.3) is 0 Å². The van der Waals surface area contributed by atoms with Crippen molar-refractivity contribution in [1.82, 2.24) is 4.90 Å². The first-order chi connectivity index (χ1) is 9.24. The van der Waals surface area contributed by atoms with Gasteiger partial charge in [-0.25, -0.2) is 4.79 Å². The summed E-state index contributed by atoms with van der Waals surface area (Å²) in [6.07, 6.45) is 8.18. The monoisotopic (exact) mass is 277 g/mol. The number of carboxylic acids is 1. The Morgan fingerprint density at radius 2 is 2.05 bits per heavy atom. The van der Waals surface area contributed by atoms with Gasteiger partial charge in [0.05, 0.1) is 0 Å². The number of fused-ring (bicyclic) bond motifs is 1. The summed E-state index contributed by atoms with van der Waals surface area (Å²) >= 11 is 0. The zero-order valence-corrected chi connectivity index (χ0v) is 11.9. The lowest BCUT2D eigenvalue weighted by molar-refractivity contribution is -0.144. The minimum Gasteiger partial charge on any atom is -0.480 e. The van der Waals surface area contributed by atoms with Crippen LogP contribution in [0.25, 0.3) is 0 Å². The number of amides is 1. The standard InChI is InChI=1S/C15H19NO4/c1-14(2,3)20-13(19)16-9-7-11-6-4-5-8-15(11,10-16)12(17)18/h4-8H,9-10H2,1-3H3,(H,17,18). The van der Waals surface area contributed by atoms with Crippen molar-refractivity contribution in [2.75, 3.05) is 13.1 Å². The number of hydrogen-bond acceptors (Lipinski definition) is 3. The van der Waals surface area contributed by atoms with E-state index >= 15 is 0 Å². The maximum atomic E-state index is 12.1. The third kappa shape index (κ3) is 2.61. The molecule has 20 heavy (non-hydrogen) atoms. The van der Waals surface area contributed by atoms with Crippen LogP contribution in [0.5, 0.6) is 0 Å². The maximum absolute atomic E-state index is 12.1. The number of aliphatic carboxylic acids is 1. The zero-order valence-electron chi connectivity index (χ0n) is 11.9. The molecular formula is C15H19NO4. The van der Waals surface area contributed by atoms with Gasteiger partial charge < -0.3 is 14.7 Å². The van der Waals surface area contributed by atoms with E-state index in [2.05, 4.69) is 0 Å². The van der Waals surface area contributed by atoms with Crippen LogP contribution in [0.15, 0.2) is 36.0 Å². The molecule has 1 unspecified atom stereocenters. The molecule has 2 rings (SSSR count). The lowest BCUT2D eigenvalue weighted by atomic mass is 9.75. The van der Waals surface area contributed by atoms with Crippen LogP contribution in [0, 0.1) is 5.41 Å². The van der Waals surface area contributed by atoms with E-state index in [1.807, 2.05) is 0 Å². The van der Waals surface area contributed by atoms with Gasteiger partial charge in [0.2, 0.25) is 0 Å². The van der Waals surface area contributed by atoms with Crippen molar-refractivity contribution in [3.8, 4) is 0 Å². The van der Waals surface area contributed by atoms with Crippen LogP contribution in [-0.4, -0.2) is 40.8 Å². The molecule has 0 aromatic rings. The van der Waals surface area contributed by atoms with Gasteiger partial charge in [-0.15, -0.1) is 0 Å². The molecular weight excluding hydrogens is 258 g/mol. The van der Waals surface area contributed by atoms with Crippen LogP contribution in [0.2, 0.25) is 0 Å². The predicted octanol–water partition coefficient (Wildman–Crippen LogP) is 2.36. The number of ether oxygens (including phenoxy) is 1. The summed E-state index contributed by atoms with van der Waals surface area (Å²) in [5.74, 6) is -0.961. The van der Waals surface area contributed by atoms with E-state index in [9.17, 15) is 14.7 Å². The molecule has 1 atom stereocenters. The van der Waals surface area contributed by atoms with Gasteiger partial charge in [-0.2, -0.15) is 0 Å². The summed E-state index contributed by atoms with van der Waals surface area (Å²) in [4.78, 5) is 25.2. The molecule has 1 aliphatic heterocycles. The van der Waals surface area contributed by atoms with E-state index in [-0.39, 0.29) is 6.54 Å². The Morgan fingerprint density at radius 1 is 1.35 bits per heavy atom. The van der Waals surface area contributed by atoms with E-state index in [0.29, 0.717) is 12.1 Å². The van der Waals surface area contributed by atoms with Crippen molar-refractivity contribution in [3.05, 3.63) is 36.0 Å². The van der Waals surface area contributed by atoms with Crippen LogP contribution in [0.1, 0.15) is 20.8 Å². The Morgan fingerprint density at radius 3 is 2.65 bits per heavy atom. The fourth-order valence-electron chi connectivity index (χ4n) is 2.32. The number of carbonyl (C=O) groups excluding carboxylic acids is 1. The maximum Gasteiger partial charge on any atom is 0.410 e. The van der Waals surface area contributed by atoms with Crippen LogP contribution >= 0.6 is 0 Å². The minimum absolute atomic E-state index is 0.0872. The third-order valence-corrected chi connectivity index (χ3v) is 3.29. The van der Waals surface area contributed by atoms with E-state index in [1.54, 1.807) is 51.2 Å². The Bertz CT molecular complexity index is 524. The molecule has 1 amide bonds. The van der Waals surface area contributed by atoms with E-state index in [0.717, 1.165) is 0 Å². The molecule has 1 heterocycles. The largest absolute Gasteiger partial charge is 0.480 e. The molecule has 108 valence electrons. The normalized spacial score (nSPS) is 24.9. The summed E-state index contributed by atoms with van der Waals surface area (Å²) in [6, 6.07) is 0. The van der Waals surface area contributed by atoms with E-state index in [4.69, 9.17) is 4.74 Å². The highest BCUT2D eigenvalue weighted by molar-refractivity contribution is 5.85. The third-order valence-electron chi connectivity index (χ3n) is 3.29. The lowest BCUT2D eigenvalue weighted by Gasteiger charge is -2.39. The first-order valence-corrected chi connectivity index (χ1v) is 6.52. The van der Waals surface area contributed by atoms with Crippen molar-refractivity contribution >= 4 is 12.1 Å². The quantitative estimate of drug-likeness (QED) is 0.799. The Hall–Kier alpha value is -2.04. The van der Waals surface area contributed by atoms with Gasteiger partial charge in [0.1, 0.15) is 11.0 Å². The molecule has 0 fully saturated rings. The highest BCUT2D eigenvalue weighted by Crippen LogP contribution is 2.37. The van der Waals surface area contributed by atoms with Gasteiger partial charge in [0, 0.05) is 13.1 Å². The van der Waals surface area contributed by atoms with Crippen LogP contribution in [0.4, 0.5) is 4.79 Å². The second kappa shape index (κ2) is 4.81. The number of carbonyl (C=O) groups is 2. The number of carboxylic acid groups (broad SMARTS) is 1. The fourth-order valence-corrected chi connectivity index (χ4v) is 2.32. The Labute approximate surface area is 118 Å². The Kier molecular flexibility index (Phi) is 3.46.